The summed E-state index contributed by atoms with van der Waals surface area (Å²) in [6.45, 7) is 2.18. The Morgan fingerprint density at radius 1 is 1.38 bits per heavy atom. The Labute approximate surface area is 91.0 Å². The normalized spacial score (nSPS) is 10.2. The lowest BCUT2D eigenvalue weighted by Crippen LogP contribution is -2.02. The zero-order valence-corrected chi connectivity index (χ0v) is 8.70. The third-order valence-electron chi connectivity index (χ3n) is 1.98. The van der Waals surface area contributed by atoms with Crippen LogP contribution in [0.5, 0.6) is 5.75 Å². The number of unbranched alkanes of at least 4 members (excludes halogenated alkanes) is 1. The van der Waals surface area contributed by atoms with Crippen LogP contribution in [0.2, 0.25) is 0 Å². The Morgan fingerprint density at radius 2 is 2.06 bits per heavy atom. The van der Waals surface area contributed by atoms with Gasteiger partial charge in [-0.1, -0.05) is 13.3 Å². The van der Waals surface area contributed by atoms with E-state index >= 15 is 0 Å². The molecule has 1 aromatic carbocycles. The van der Waals surface area contributed by atoms with Gasteiger partial charge in [0.05, 0.1) is 11.5 Å². The summed E-state index contributed by atoms with van der Waals surface area (Å²) in [4.78, 5) is 9.33. The van der Waals surface area contributed by atoms with E-state index in [4.69, 9.17) is 4.74 Å². The molecule has 0 aromatic heterocycles. The van der Waals surface area contributed by atoms with Gasteiger partial charge in [-0.05, 0) is 12.5 Å². The van der Waals surface area contributed by atoms with E-state index in [-0.39, 0.29) is 12.4 Å². The van der Waals surface area contributed by atoms with Gasteiger partial charge in [0.15, 0.2) is 5.75 Å². The van der Waals surface area contributed by atoms with Crippen LogP contribution in [0.1, 0.15) is 19.8 Å². The molecular weight excluding hydrogens is 220 g/mol. The average molecular weight is 231 g/mol. The third-order valence-corrected chi connectivity index (χ3v) is 1.98. The van der Waals surface area contributed by atoms with Gasteiger partial charge < -0.3 is 4.74 Å². The van der Waals surface area contributed by atoms with Gasteiger partial charge in [-0.2, -0.15) is 8.78 Å². The fourth-order valence-electron chi connectivity index (χ4n) is 1.10. The van der Waals surface area contributed by atoms with Crippen molar-refractivity contribution in [1.29, 1.82) is 0 Å². The highest BCUT2D eigenvalue weighted by molar-refractivity contribution is 5.39. The number of hydrogen-bond donors (Lipinski definition) is 0. The van der Waals surface area contributed by atoms with Crippen molar-refractivity contribution in [2.75, 3.05) is 6.61 Å². The predicted octanol–water partition coefficient (Wildman–Crippen LogP) is 3.05. The van der Waals surface area contributed by atoms with Crippen molar-refractivity contribution in [2.24, 2.45) is 0 Å². The number of benzene rings is 1. The quantitative estimate of drug-likeness (QED) is 0.444. The van der Waals surface area contributed by atoms with Gasteiger partial charge in [-0.15, -0.1) is 0 Å². The second-order valence-electron chi connectivity index (χ2n) is 3.17. The van der Waals surface area contributed by atoms with Crippen LogP contribution in [-0.4, -0.2) is 11.5 Å². The summed E-state index contributed by atoms with van der Waals surface area (Å²) in [6.07, 6.45) is 1.56. The van der Waals surface area contributed by atoms with Crippen molar-refractivity contribution in [3.63, 3.8) is 0 Å². The highest BCUT2D eigenvalue weighted by Crippen LogP contribution is 2.27. The van der Waals surface area contributed by atoms with Gasteiger partial charge in [0.1, 0.15) is 0 Å². The maximum Gasteiger partial charge on any atom is 0.308 e. The lowest BCUT2D eigenvalue weighted by molar-refractivity contribution is -0.387. The van der Waals surface area contributed by atoms with Gasteiger partial charge in [0.25, 0.3) is 0 Å². The molecular formula is C10H11F2NO3. The topological polar surface area (TPSA) is 52.4 Å². The molecule has 0 unspecified atom stereocenters. The van der Waals surface area contributed by atoms with Crippen molar-refractivity contribution in [1.82, 2.24) is 0 Å². The molecule has 0 fully saturated rings. The first-order valence-corrected chi connectivity index (χ1v) is 4.83. The SMILES string of the molecule is CCCCOc1ccc([N+](=O)[O-])c(F)c1F. The molecule has 0 N–H and O–H groups in total. The van der Waals surface area contributed by atoms with E-state index in [1.54, 1.807) is 0 Å². The minimum absolute atomic E-state index is 0.255. The largest absolute Gasteiger partial charge is 0.490 e. The predicted molar refractivity (Wildman–Crippen MR) is 53.4 cm³/mol. The molecule has 0 atom stereocenters. The summed E-state index contributed by atoms with van der Waals surface area (Å²) >= 11 is 0. The zero-order chi connectivity index (χ0) is 12.1. The maximum absolute atomic E-state index is 13.2. The van der Waals surface area contributed by atoms with Crippen LogP contribution in [0.3, 0.4) is 0 Å². The minimum Gasteiger partial charge on any atom is -0.490 e. The minimum atomic E-state index is -1.49. The Morgan fingerprint density at radius 3 is 2.62 bits per heavy atom. The van der Waals surface area contributed by atoms with Crippen LogP contribution in [-0.2, 0) is 0 Å². The number of ether oxygens (including phenoxy) is 1. The average Bonchev–Trinajstić information content (AvgIpc) is 2.24. The van der Waals surface area contributed by atoms with E-state index in [1.165, 1.54) is 0 Å². The number of rotatable bonds is 5. The molecule has 0 aliphatic carbocycles. The molecule has 0 radical (unpaired) electrons. The number of hydrogen-bond acceptors (Lipinski definition) is 3. The standard InChI is InChI=1S/C10H11F2NO3/c1-2-3-6-16-8-5-4-7(13(14)15)9(11)10(8)12/h4-5H,2-3,6H2,1H3. The van der Waals surface area contributed by atoms with Crippen molar-refractivity contribution >= 4 is 5.69 Å². The molecule has 16 heavy (non-hydrogen) atoms. The smallest absolute Gasteiger partial charge is 0.308 e. The first-order valence-electron chi connectivity index (χ1n) is 4.83. The molecule has 0 saturated heterocycles. The molecule has 0 heterocycles. The summed E-state index contributed by atoms with van der Waals surface area (Å²) in [6, 6.07) is 1.95. The van der Waals surface area contributed by atoms with E-state index in [0.29, 0.717) is 6.42 Å². The van der Waals surface area contributed by atoms with Crippen LogP contribution in [0.4, 0.5) is 14.5 Å². The Kier molecular flexibility index (Phi) is 4.16. The van der Waals surface area contributed by atoms with Gasteiger partial charge in [-0.3, -0.25) is 10.1 Å². The molecule has 0 spiro atoms. The second kappa shape index (κ2) is 5.39. The molecule has 0 aliphatic heterocycles. The molecule has 0 aliphatic rings. The molecule has 1 aromatic rings. The summed E-state index contributed by atoms with van der Waals surface area (Å²) in [7, 11) is 0. The molecule has 88 valence electrons. The molecule has 0 amide bonds. The lowest BCUT2D eigenvalue weighted by Gasteiger charge is -2.06. The Hall–Kier alpha value is -1.72. The van der Waals surface area contributed by atoms with E-state index in [0.717, 1.165) is 18.6 Å². The fourth-order valence-corrected chi connectivity index (χ4v) is 1.10. The van der Waals surface area contributed by atoms with Gasteiger partial charge in [0.2, 0.25) is 11.6 Å². The zero-order valence-electron chi connectivity index (χ0n) is 8.70. The first kappa shape index (κ1) is 12.4. The molecule has 0 saturated carbocycles. The number of nitro groups is 1. The van der Waals surface area contributed by atoms with Gasteiger partial charge in [-0.25, -0.2) is 0 Å². The molecule has 4 nitrogen and oxygen atoms in total. The number of nitrogens with zero attached hydrogens (tertiary/aromatic N) is 1. The summed E-state index contributed by atoms with van der Waals surface area (Å²) in [5.41, 5.74) is -0.889. The molecule has 6 heteroatoms. The molecule has 1 rings (SSSR count). The molecule has 0 bridgehead atoms. The lowest BCUT2D eigenvalue weighted by atomic mass is 10.2. The highest BCUT2D eigenvalue weighted by Gasteiger charge is 2.21. The monoisotopic (exact) mass is 231 g/mol. The maximum atomic E-state index is 13.2. The third kappa shape index (κ3) is 2.65. The van der Waals surface area contributed by atoms with E-state index in [9.17, 15) is 18.9 Å². The second-order valence-corrected chi connectivity index (χ2v) is 3.17. The van der Waals surface area contributed by atoms with Crippen LogP contribution >= 0.6 is 0 Å². The summed E-state index contributed by atoms with van der Waals surface area (Å²) in [5, 5.41) is 10.3. The van der Waals surface area contributed by atoms with Gasteiger partial charge >= 0.3 is 5.69 Å². The van der Waals surface area contributed by atoms with Crippen molar-refractivity contribution in [3.8, 4) is 5.75 Å². The summed E-state index contributed by atoms with van der Waals surface area (Å²) in [5.74, 6) is -3.10. The van der Waals surface area contributed by atoms with E-state index in [1.807, 2.05) is 6.92 Å². The number of nitro benzene ring substituents is 1. The summed E-state index contributed by atoms with van der Waals surface area (Å²) < 4.78 is 31.3. The highest BCUT2D eigenvalue weighted by atomic mass is 19.2. The number of halogens is 2. The first-order chi connectivity index (χ1) is 7.57. The fraction of sp³-hybridized carbons (Fsp3) is 0.400. The van der Waals surface area contributed by atoms with E-state index < -0.39 is 22.2 Å². The van der Waals surface area contributed by atoms with E-state index in [2.05, 4.69) is 0 Å². The van der Waals surface area contributed by atoms with Crippen LogP contribution in [0.25, 0.3) is 0 Å². The van der Waals surface area contributed by atoms with Crippen LogP contribution in [0, 0.1) is 21.7 Å². The van der Waals surface area contributed by atoms with Crippen molar-refractivity contribution < 1.29 is 18.4 Å². The van der Waals surface area contributed by atoms with Crippen LogP contribution in [0.15, 0.2) is 12.1 Å². The Bertz CT molecular complexity index is 396. The van der Waals surface area contributed by atoms with Crippen molar-refractivity contribution in [3.05, 3.63) is 33.9 Å². The van der Waals surface area contributed by atoms with Crippen molar-refractivity contribution in [2.45, 2.75) is 19.8 Å². The Balaban J connectivity index is 2.89. The van der Waals surface area contributed by atoms with Gasteiger partial charge in [0, 0.05) is 6.07 Å². The van der Waals surface area contributed by atoms with Crippen LogP contribution < -0.4 is 4.74 Å².